The summed E-state index contributed by atoms with van der Waals surface area (Å²) in [5.74, 6) is -4.23. The van der Waals surface area contributed by atoms with Crippen LogP contribution in [-0.4, -0.2) is 29.1 Å². The SMILES string of the molecule is CC[C@@H](C)[C@](C)(O)CNC(=O)C(=O)Nc1ccc(F)c(F)c1. The van der Waals surface area contributed by atoms with Gasteiger partial charge in [-0.3, -0.25) is 9.59 Å². The van der Waals surface area contributed by atoms with Crippen LogP contribution >= 0.6 is 0 Å². The third kappa shape index (κ3) is 4.77. The third-order valence-corrected chi connectivity index (χ3v) is 3.66. The first-order valence-corrected chi connectivity index (χ1v) is 6.94. The molecule has 5 nitrogen and oxygen atoms in total. The smallest absolute Gasteiger partial charge is 0.313 e. The normalized spacial score (nSPS) is 14.8. The Morgan fingerprint density at radius 2 is 1.91 bits per heavy atom. The van der Waals surface area contributed by atoms with Crippen molar-refractivity contribution in [2.45, 2.75) is 32.8 Å². The Morgan fingerprint density at radius 1 is 1.27 bits per heavy atom. The molecule has 122 valence electrons. The molecule has 0 radical (unpaired) electrons. The fourth-order valence-electron chi connectivity index (χ4n) is 1.72. The molecule has 1 aromatic carbocycles. The van der Waals surface area contributed by atoms with Crippen molar-refractivity contribution in [2.24, 2.45) is 5.92 Å². The maximum atomic E-state index is 13.0. The number of aliphatic hydroxyl groups is 1. The number of carbonyl (C=O) groups excluding carboxylic acids is 2. The van der Waals surface area contributed by atoms with Gasteiger partial charge in [-0.05, 0) is 25.0 Å². The second kappa shape index (κ2) is 7.31. The molecule has 0 saturated carbocycles. The van der Waals surface area contributed by atoms with Gasteiger partial charge in [-0.15, -0.1) is 0 Å². The average Bonchev–Trinajstić information content (AvgIpc) is 2.47. The number of rotatable bonds is 5. The molecule has 7 heteroatoms. The van der Waals surface area contributed by atoms with Crippen molar-refractivity contribution in [3.05, 3.63) is 29.8 Å². The first-order chi connectivity index (χ1) is 10.2. The van der Waals surface area contributed by atoms with Crippen LogP contribution in [0.1, 0.15) is 27.2 Å². The van der Waals surface area contributed by atoms with Crippen LogP contribution in [0.15, 0.2) is 18.2 Å². The topological polar surface area (TPSA) is 78.4 Å². The predicted molar refractivity (Wildman–Crippen MR) is 78.1 cm³/mol. The quantitative estimate of drug-likeness (QED) is 0.725. The van der Waals surface area contributed by atoms with Crippen LogP contribution < -0.4 is 10.6 Å². The van der Waals surface area contributed by atoms with Crippen LogP contribution in [-0.2, 0) is 9.59 Å². The van der Waals surface area contributed by atoms with Crippen molar-refractivity contribution >= 4 is 17.5 Å². The fraction of sp³-hybridized carbons (Fsp3) is 0.467. The summed E-state index contributed by atoms with van der Waals surface area (Å²) in [5, 5.41) is 14.6. The van der Waals surface area contributed by atoms with Gasteiger partial charge in [0, 0.05) is 18.3 Å². The zero-order valence-corrected chi connectivity index (χ0v) is 12.7. The molecule has 0 bridgehead atoms. The van der Waals surface area contributed by atoms with E-state index in [1.165, 1.54) is 0 Å². The molecule has 22 heavy (non-hydrogen) atoms. The van der Waals surface area contributed by atoms with Gasteiger partial charge in [0.2, 0.25) is 0 Å². The molecule has 3 N–H and O–H groups in total. The van der Waals surface area contributed by atoms with Crippen molar-refractivity contribution < 1.29 is 23.5 Å². The van der Waals surface area contributed by atoms with Crippen LogP contribution in [0.3, 0.4) is 0 Å². The number of carbonyl (C=O) groups is 2. The van der Waals surface area contributed by atoms with Crippen LogP contribution in [0.25, 0.3) is 0 Å². The maximum absolute atomic E-state index is 13.0. The molecule has 0 unspecified atom stereocenters. The highest BCUT2D eigenvalue weighted by molar-refractivity contribution is 6.39. The van der Waals surface area contributed by atoms with Gasteiger partial charge in [0.1, 0.15) is 0 Å². The maximum Gasteiger partial charge on any atom is 0.313 e. The highest BCUT2D eigenvalue weighted by Crippen LogP contribution is 2.18. The zero-order valence-electron chi connectivity index (χ0n) is 12.7. The zero-order chi connectivity index (χ0) is 16.9. The van der Waals surface area contributed by atoms with E-state index >= 15 is 0 Å². The summed E-state index contributed by atoms with van der Waals surface area (Å²) in [6, 6.07) is 2.76. The minimum absolute atomic E-state index is 0.0345. The van der Waals surface area contributed by atoms with E-state index in [-0.39, 0.29) is 18.2 Å². The minimum atomic E-state index is -1.15. The van der Waals surface area contributed by atoms with Gasteiger partial charge in [-0.25, -0.2) is 8.78 Å². The summed E-state index contributed by atoms with van der Waals surface area (Å²) < 4.78 is 25.8. The number of benzene rings is 1. The Hall–Kier alpha value is -2.02. The molecule has 1 rings (SSSR count). The van der Waals surface area contributed by atoms with E-state index in [0.717, 1.165) is 18.2 Å². The summed E-state index contributed by atoms with van der Waals surface area (Å²) >= 11 is 0. The number of hydrogen-bond acceptors (Lipinski definition) is 3. The molecule has 2 amide bonds. The summed E-state index contributed by atoms with van der Waals surface area (Å²) in [6.07, 6.45) is 0.712. The number of amides is 2. The summed E-state index contributed by atoms with van der Waals surface area (Å²) in [7, 11) is 0. The average molecular weight is 314 g/mol. The summed E-state index contributed by atoms with van der Waals surface area (Å²) in [4.78, 5) is 23.3. The van der Waals surface area contributed by atoms with Gasteiger partial charge in [-0.1, -0.05) is 20.3 Å². The molecule has 1 aromatic rings. The van der Waals surface area contributed by atoms with E-state index in [1.807, 2.05) is 13.8 Å². The first kappa shape index (κ1) is 18.0. The molecule has 0 aliphatic heterocycles. The van der Waals surface area contributed by atoms with E-state index < -0.39 is 29.0 Å². The predicted octanol–water partition coefficient (Wildman–Crippen LogP) is 1.82. The Labute approximate surface area is 127 Å². The van der Waals surface area contributed by atoms with Crippen molar-refractivity contribution in [3.63, 3.8) is 0 Å². The highest BCUT2D eigenvalue weighted by atomic mass is 19.2. The van der Waals surface area contributed by atoms with Gasteiger partial charge in [0.25, 0.3) is 0 Å². The lowest BCUT2D eigenvalue weighted by Gasteiger charge is -2.29. The van der Waals surface area contributed by atoms with Gasteiger partial charge < -0.3 is 15.7 Å². The van der Waals surface area contributed by atoms with Crippen molar-refractivity contribution in [2.75, 3.05) is 11.9 Å². The van der Waals surface area contributed by atoms with Crippen molar-refractivity contribution in [1.29, 1.82) is 0 Å². The molecule has 0 saturated heterocycles. The Kier molecular flexibility index (Phi) is 5.99. The van der Waals surface area contributed by atoms with Gasteiger partial charge in [0.15, 0.2) is 11.6 Å². The second-order valence-electron chi connectivity index (χ2n) is 5.43. The third-order valence-electron chi connectivity index (χ3n) is 3.66. The second-order valence-corrected chi connectivity index (χ2v) is 5.43. The largest absolute Gasteiger partial charge is 0.388 e. The van der Waals surface area contributed by atoms with E-state index in [9.17, 15) is 23.5 Å². The fourth-order valence-corrected chi connectivity index (χ4v) is 1.72. The Bertz CT molecular complexity index is 562. The molecule has 0 fully saturated rings. The first-order valence-electron chi connectivity index (χ1n) is 6.94. The van der Waals surface area contributed by atoms with E-state index in [1.54, 1.807) is 6.92 Å². The van der Waals surface area contributed by atoms with Gasteiger partial charge in [-0.2, -0.15) is 0 Å². The van der Waals surface area contributed by atoms with E-state index in [4.69, 9.17) is 0 Å². The van der Waals surface area contributed by atoms with Crippen LogP contribution in [0, 0.1) is 17.6 Å². The number of halogens is 2. The highest BCUT2D eigenvalue weighted by Gasteiger charge is 2.28. The molecule has 0 aromatic heterocycles. The lowest BCUT2D eigenvalue weighted by atomic mass is 9.89. The number of nitrogens with one attached hydrogen (secondary N) is 2. The summed E-state index contributed by atoms with van der Waals surface area (Å²) in [6.45, 7) is 5.20. The summed E-state index contributed by atoms with van der Waals surface area (Å²) in [5.41, 5.74) is -1.18. The van der Waals surface area contributed by atoms with Crippen molar-refractivity contribution in [1.82, 2.24) is 5.32 Å². The van der Waals surface area contributed by atoms with Gasteiger partial charge >= 0.3 is 11.8 Å². The molecule has 0 aliphatic rings. The molecular formula is C15H20F2N2O3. The standard InChI is InChI=1S/C15H20F2N2O3/c1-4-9(2)15(3,22)8-18-13(20)14(21)19-10-5-6-11(16)12(17)7-10/h5-7,9,22H,4,8H2,1-3H3,(H,18,20)(H,19,21)/t9-,15-/m1/s1. The lowest BCUT2D eigenvalue weighted by molar-refractivity contribution is -0.137. The minimum Gasteiger partial charge on any atom is -0.388 e. The lowest BCUT2D eigenvalue weighted by Crippen LogP contribution is -2.47. The molecule has 0 spiro atoms. The van der Waals surface area contributed by atoms with E-state index in [2.05, 4.69) is 10.6 Å². The molecule has 0 heterocycles. The van der Waals surface area contributed by atoms with Crippen LogP contribution in [0.5, 0.6) is 0 Å². The Balaban J connectivity index is 2.59. The molecular weight excluding hydrogens is 294 g/mol. The number of anilines is 1. The van der Waals surface area contributed by atoms with Crippen LogP contribution in [0.2, 0.25) is 0 Å². The van der Waals surface area contributed by atoms with E-state index in [0.29, 0.717) is 6.42 Å². The molecule has 2 atom stereocenters. The van der Waals surface area contributed by atoms with Crippen LogP contribution in [0.4, 0.5) is 14.5 Å². The molecule has 0 aliphatic carbocycles. The number of hydrogen-bond donors (Lipinski definition) is 3. The van der Waals surface area contributed by atoms with Crippen molar-refractivity contribution in [3.8, 4) is 0 Å². The van der Waals surface area contributed by atoms with Gasteiger partial charge in [0.05, 0.1) is 5.60 Å². The monoisotopic (exact) mass is 314 g/mol. The Morgan fingerprint density at radius 3 is 2.45 bits per heavy atom.